The maximum atomic E-state index is 4.12. The van der Waals surface area contributed by atoms with E-state index in [9.17, 15) is 0 Å². The highest BCUT2D eigenvalue weighted by molar-refractivity contribution is 8.03. The summed E-state index contributed by atoms with van der Waals surface area (Å²) >= 11 is 12.6. The van der Waals surface area contributed by atoms with Crippen molar-refractivity contribution in [2.45, 2.75) is 192 Å². The van der Waals surface area contributed by atoms with Crippen molar-refractivity contribution in [2.24, 2.45) is 0 Å². The van der Waals surface area contributed by atoms with Crippen molar-refractivity contribution in [1.29, 1.82) is 0 Å². The van der Waals surface area contributed by atoms with E-state index in [0.29, 0.717) is 0 Å². The molecule has 0 N–H and O–H groups in total. The van der Waals surface area contributed by atoms with Crippen LogP contribution in [0.2, 0.25) is 0 Å². The monoisotopic (exact) mass is 880 g/mol. The number of unbranched alkanes of at least 4 members (excludes halogenated alkanes) is 15. The van der Waals surface area contributed by atoms with E-state index in [1.807, 2.05) is 11.8 Å². The van der Waals surface area contributed by atoms with E-state index in [1.54, 1.807) is 0 Å². The smallest absolute Gasteiger partial charge is 0.0218 e. The molecular weight excluding hydrogens is 805 g/mol. The SMILES string of the molecule is C=CCSc1cc2c(cc1SCCCCCC)c1cc(SCCCCCC)c(SCCCCCC)cc1c1cc(SCCCCCC)c(SCCCCCC)cc21. The molecule has 0 aromatic heterocycles. The van der Waals surface area contributed by atoms with Gasteiger partial charge in [0.2, 0.25) is 0 Å². The molecule has 0 heterocycles. The number of hydrogen-bond donors (Lipinski definition) is 0. The third kappa shape index (κ3) is 16.4. The molecule has 0 aliphatic rings. The Morgan fingerprint density at radius 3 is 0.719 bits per heavy atom. The van der Waals surface area contributed by atoms with Crippen LogP contribution in [0.5, 0.6) is 0 Å². The van der Waals surface area contributed by atoms with Gasteiger partial charge in [-0.05, 0) is 130 Å². The van der Waals surface area contributed by atoms with Crippen LogP contribution in [0.15, 0.2) is 78.4 Å². The predicted octanol–water partition coefficient (Wildman–Crippen LogP) is 19.8. The maximum absolute atomic E-state index is 4.12. The van der Waals surface area contributed by atoms with E-state index in [-0.39, 0.29) is 0 Å². The van der Waals surface area contributed by atoms with E-state index in [4.69, 9.17) is 0 Å². The Labute approximate surface area is 376 Å². The van der Waals surface area contributed by atoms with Crippen molar-refractivity contribution in [3.8, 4) is 0 Å². The molecule has 0 saturated carbocycles. The first-order valence-electron chi connectivity index (χ1n) is 23.0. The molecule has 0 aliphatic heterocycles. The van der Waals surface area contributed by atoms with Gasteiger partial charge >= 0.3 is 0 Å². The zero-order chi connectivity index (χ0) is 40.5. The molecular formula is C51H76S6. The van der Waals surface area contributed by atoms with Gasteiger partial charge in [0.1, 0.15) is 0 Å². The van der Waals surface area contributed by atoms with Crippen molar-refractivity contribution in [2.75, 3.05) is 34.5 Å². The first kappa shape index (κ1) is 49.2. The van der Waals surface area contributed by atoms with Crippen LogP contribution in [0.4, 0.5) is 0 Å². The van der Waals surface area contributed by atoms with Gasteiger partial charge in [0.05, 0.1) is 0 Å². The Morgan fingerprint density at radius 2 is 0.526 bits per heavy atom. The van der Waals surface area contributed by atoms with E-state index < -0.39 is 0 Å². The fourth-order valence-electron chi connectivity index (χ4n) is 7.40. The Hall–Kier alpha value is -0.500. The number of hydrogen-bond acceptors (Lipinski definition) is 6. The van der Waals surface area contributed by atoms with E-state index in [1.165, 1.54) is 219 Å². The lowest BCUT2D eigenvalue weighted by Crippen LogP contribution is -1.93. The van der Waals surface area contributed by atoms with Gasteiger partial charge in [-0.3, -0.25) is 0 Å². The highest BCUT2D eigenvalue weighted by atomic mass is 32.2. The molecule has 0 atom stereocenters. The van der Waals surface area contributed by atoms with E-state index >= 15 is 0 Å². The Morgan fingerprint density at radius 1 is 0.316 bits per heavy atom. The summed E-state index contributed by atoms with van der Waals surface area (Å²) in [6.07, 6.45) is 28.4. The molecule has 0 radical (unpaired) electrons. The number of thioether (sulfide) groups is 6. The van der Waals surface area contributed by atoms with Crippen molar-refractivity contribution >= 4 is 103 Å². The molecule has 0 aliphatic carbocycles. The molecule has 0 fully saturated rings. The zero-order valence-electron chi connectivity index (χ0n) is 36.6. The molecule has 0 spiro atoms. The Balaban J connectivity index is 1.95. The largest absolute Gasteiger partial charge is 0.125 e. The van der Waals surface area contributed by atoms with Crippen molar-refractivity contribution in [3.63, 3.8) is 0 Å². The summed E-state index contributed by atoms with van der Waals surface area (Å²) in [5.74, 6) is 6.96. The van der Waals surface area contributed by atoms with Crippen LogP contribution in [0.25, 0.3) is 32.3 Å². The molecule has 0 unspecified atom stereocenters. The molecule has 57 heavy (non-hydrogen) atoms. The summed E-state index contributed by atoms with van der Waals surface area (Å²) in [6.45, 7) is 15.7. The lowest BCUT2D eigenvalue weighted by atomic mass is 9.94. The molecule has 0 nitrogen and oxygen atoms in total. The van der Waals surface area contributed by atoms with E-state index in [2.05, 4.69) is 142 Å². The van der Waals surface area contributed by atoms with E-state index in [0.717, 1.165) is 5.75 Å². The minimum absolute atomic E-state index is 0.940. The topological polar surface area (TPSA) is 0 Å². The summed E-state index contributed by atoms with van der Waals surface area (Å²) in [6, 6.07) is 15.7. The van der Waals surface area contributed by atoms with Gasteiger partial charge in [0.25, 0.3) is 0 Å². The second kappa shape index (κ2) is 29.7. The minimum atomic E-state index is 0.940. The summed E-state index contributed by atoms with van der Waals surface area (Å²) in [7, 11) is 0. The van der Waals surface area contributed by atoms with Crippen molar-refractivity contribution in [1.82, 2.24) is 0 Å². The lowest BCUT2D eigenvalue weighted by Gasteiger charge is -2.19. The normalized spacial score (nSPS) is 11.8. The van der Waals surface area contributed by atoms with Crippen molar-refractivity contribution in [3.05, 3.63) is 49.1 Å². The van der Waals surface area contributed by atoms with Gasteiger partial charge in [-0.25, -0.2) is 0 Å². The van der Waals surface area contributed by atoms with Gasteiger partial charge < -0.3 is 0 Å². The summed E-state index contributed by atoms with van der Waals surface area (Å²) in [4.78, 5) is 8.90. The Kier molecular flexibility index (Phi) is 25.6. The minimum Gasteiger partial charge on any atom is -0.125 e. The average Bonchev–Trinajstić information content (AvgIpc) is 3.22. The molecule has 0 amide bonds. The highest BCUT2D eigenvalue weighted by Gasteiger charge is 2.19. The molecule has 4 aromatic rings. The molecule has 4 rings (SSSR count). The number of fused-ring (bicyclic) bond motifs is 6. The van der Waals surface area contributed by atoms with Crippen LogP contribution in [0.3, 0.4) is 0 Å². The molecule has 316 valence electrons. The van der Waals surface area contributed by atoms with Crippen LogP contribution in [-0.4, -0.2) is 34.5 Å². The van der Waals surface area contributed by atoms with Crippen LogP contribution in [0, 0.1) is 0 Å². The van der Waals surface area contributed by atoms with Gasteiger partial charge in [-0.2, -0.15) is 0 Å². The molecule has 6 heteroatoms. The fraction of sp³-hybridized carbons (Fsp3) is 0.608. The number of rotatable bonds is 33. The summed E-state index contributed by atoms with van der Waals surface area (Å²) < 4.78 is 0. The first-order chi connectivity index (χ1) is 28.1. The van der Waals surface area contributed by atoms with Crippen LogP contribution in [0.1, 0.15) is 163 Å². The Bertz CT molecular complexity index is 1700. The van der Waals surface area contributed by atoms with Gasteiger partial charge in [-0.1, -0.05) is 137 Å². The lowest BCUT2D eigenvalue weighted by molar-refractivity contribution is 0.706. The average molecular weight is 882 g/mol. The first-order valence-corrected chi connectivity index (χ1v) is 28.9. The fourth-order valence-corrected chi connectivity index (χ4v) is 14.0. The molecule has 0 saturated heterocycles. The summed E-state index contributed by atoms with van der Waals surface area (Å²) in [5, 5.41) is 8.70. The highest BCUT2D eigenvalue weighted by Crippen LogP contribution is 2.47. The van der Waals surface area contributed by atoms with Crippen LogP contribution >= 0.6 is 70.6 Å². The van der Waals surface area contributed by atoms with Crippen molar-refractivity contribution < 1.29 is 0 Å². The third-order valence-corrected chi connectivity index (χ3v) is 17.9. The van der Waals surface area contributed by atoms with Gasteiger partial charge in [0.15, 0.2) is 0 Å². The van der Waals surface area contributed by atoms with Gasteiger partial charge in [-0.15, -0.1) is 77.2 Å². The predicted molar refractivity (Wildman–Crippen MR) is 274 cm³/mol. The molecule has 4 aromatic carbocycles. The standard InChI is InChI=1S/C51H76S6/c1-7-13-18-23-29-53-47-35-41-40(34-46(47)52-28-12-6)42-36-48(54-30-24-19-14-8-2)50(56-32-26-21-16-10-4)38-44(42)45-39-51(57-33-27-22-17-11-5)49(37-43(41)45)55-31-25-20-15-9-3/h12,34-39H,6-11,13-33H2,1-5H3. The number of benzene rings is 4. The third-order valence-electron chi connectivity index (χ3n) is 10.8. The van der Waals surface area contributed by atoms with Crippen LogP contribution < -0.4 is 0 Å². The summed E-state index contributed by atoms with van der Waals surface area (Å²) in [5.41, 5.74) is 0. The maximum Gasteiger partial charge on any atom is 0.0218 e. The van der Waals surface area contributed by atoms with Gasteiger partial charge in [0, 0.05) is 35.1 Å². The molecule has 0 bridgehead atoms. The quantitative estimate of drug-likeness (QED) is 0.0201. The second-order valence-electron chi connectivity index (χ2n) is 15.7. The second-order valence-corrected chi connectivity index (χ2v) is 22.4. The van der Waals surface area contributed by atoms with Crippen LogP contribution in [-0.2, 0) is 0 Å². The zero-order valence-corrected chi connectivity index (χ0v) is 41.5.